The van der Waals surface area contributed by atoms with Crippen molar-refractivity contribution in [3.8, 4) is 0 Å². The maximum atomic E-state index is 13.1. The highest BCUT2D eigenvalue weighted by molar-refractivity contribution is 9.10. The lowest BCUT2D eigenvalue weighted by molar-refractivity contribution is -0.116. The minimum absolute atomic E-state index is 0.0768. The van der Waals surface area contributed by atoms with E-state index in [2.05, 4.69) is 21.2 Å². The van der Waals surface area contributed by atoms with Gasteiger partial charge in [0.1, 0.15) is 5.82 Å². The van der Waals surface area contributed by atoms with Gasteiger partial charge in [-0.3, -0.25) is 4.79 Å². The molecular formula is C15H14BrFN2O3S. The Morgan fingerprint density at radius 3 is 2.57 bits per heavy atom. The van der Waals surface area contributed by atoms with E-state index >= 15 is 0 Å². The second-order valence-electron chi connectivity index (χ2n) is 4.78. The Hall–Kier alpha value is -1.77. The smallest absolute Gasteiger partial charge is 0.243 e. The fraction of sp³-hybridized carbons (Fsp3) is 0.133. The molecule has 0 atom stereocenters. The van der Waals surface area contributed by atoms with E-state index in [9.17, 15) is 17.6 Å². The molecule has 8 heteroatoms. The molecule has 122 valence electrons. The Labute approximate surface area is 142 Å². The van der Waals surface area contributed by atoms with Crippen molar-refractivity contribution in [3.05, 3.63) is 58.8 Å². The number of halogens is 2. The number of carbonyl (C=O) groups is 1. The van der Waals surface area contributed by atoms with E-state index in [1.807, 2.05) is 0 Å². The number of sulfonamides is 1. The second-order valence-corrected chi connectivity index (χ2v) is 7.74. The molecule has 0 bridgehead atoms. The number of nitrogens with zero attached hydrogens (tertiary/aromatic N) is 1. The third kappa shape index (κ3) is 4.60. The number of amides is 1. The summed E-state index contributed by atoms with van der Waals surface area (Å²) in [6.07, 6.45) is 0. The molecule has 0 aliphatic rings. The van der Waals surface area contributed by atoms with E-state index in [1.54, 1.807) is 12.1 Å². The average Bonchev–Trinajstić information content (AvgIpc) is 2.47. The highest BCUT2D eigenvalue weighted by atomic mass is 79.9. The molecule has 1 N–H and O–H groups in total. The molecule has 2 aromatic rings. The standard InChI is InChI=1S/C15H14BrFN2O3S/c1-19(23(21,22)14-7-2-4-11(16)8-14)10-15(20)18-13-6-3-5-12(17)9-13/h2-9H,10H2,1H3,(H,18,20). The zero-order chi connectivity index (χ0) is 17.0. The molecule has 0 aliphatic carbocycles. The number of carbonyl (C=O) groups excluding carboxylic acids is 1. The fourth-order valence-electron chi connectivity index (χ4n) is 1.86. The number of benzene rings is 2. The van der Waals surface area contributed by atoms with Crippen molar-refractivity contribution >= 4 is 37.5 Å². The molecule has 0 aliphatic heterocycles. The zero-order valence-corrected chi connectivity index (χ0v) is 14.6. The van der Waals surface area contributed by atoms with Crippen LogP contribution in [0.25, 0.3) is 0 Å². The van der Waals surface area contributed by atoms with Crippen LogP contribution < -0.4 is 5.32 Å². The molecule has 0 spiro atoms. The van der Waals surface area contributed by atoms with Gasteiger partial charge in [0.05, 0.1) is 11.4 Å². The summed E-state index contributed by atoms with van der Waals surface area (Å²) < 4.78 is 39.4. The predicted molar refractivity (Wildman–Crippen MR) is 89.0 cm³/mol. The molecule has 2 aromatic carbocycles. The first-order valence-corrected chi connectivity index (χ1v) is 8.79. The average molecular weight is 401 g/mol. The van der Waals surface area contributed by atoms with Crippen molar-refractivity contribution in [1.82, 2.24) is 4.31 Å². The van der Waals surface area contributed by atoms with Crippen molar-refractivity contribution in [2.45, 2.75) is 4.90 Å². The van der Waals surface area contributed by atoms with Crippen molar-refractivity contribution in [3.63, 3.8) is 0 Å². The van der Waals surface area contributed by atoms with E-state index in [1.165, 1.54) is 37.4 Å². The first kappa shape index (κ1) is 17.6. The molecule has 2 rings (SSSR count). The van der Waals surface area contributed by atoms with Crippen molar-refractivity contribution in [2.24, 2.45) is 0 Å². The van der Waals surface area contributed by atoms with Gasteiger partial charge >= 0.3 is 0 Å². The van der Waals surface area contributed by atoms with Crippen molar-refractivity contribution in [2.75, 3.05) is 18.9 Å². The van der Waals surface area contributed by atoms with Crippen LogP contribution in [0.4, 0.5) is 10.1 Å². The van der Waals surface area contributed by atoms with Gasteiger partial charge in [0, 0.05) is 17.2 Å². The number of likely N-dealkylation sites (N-methyl/N-ethyl adjacent to an activating group) is 1. The summed E-state index contributed by atoms with van der Waals surface area (Å²) in [5.74, 6) is -1.05. The minimum atomic E-state index is -3.79. The largest absolute Gasteiger partial charge is 0.325 e. The topological polar surface area (TPSA) is 66.5 Å². The molecule has 23 heavy (non-hydrogen) atoms. The minimum Gasteiger partial charge on any atom is -0.325 e. The molecular weight excluding hydrogens is 387 g/mol. The van der Waals surface area contributed by atoms with E-state index < -0.39 is 21.7 Å². The normalized spacial score (nSPS) is 11.5. The van der Waals surface area contributed by atoms with Crippen LogP contribution in [0.15, 0.2) is 57.9 Å². The highest BCUT2D eigenvalue weighted by Crippen LogP contribution is 2.19. The van der Waals surface area contributed by atoms with Gasteiger partial charge in [0.2, 0.25) is 15.9 Å². The van der Waals surface area contributed by atoms with Crippen LogP contribution in [-0.2, 0) is 14.8 Å². The summed E-state index contributed by atoms with van der Waals surface area (Å²) in [5.41, 5.74) is 0.267. The molecule has 0 saturated carbocycles. The van der Waals surface area contributed by atoms with Crippen LogP contribution >= 0.6 is 15.9 Å². The third-order valence-corrected chi connectivity index (χ3v) is 5.27. The number of hydrogen-bond acceptors (Lipinski definition) is 3. The molecule has 5 nitrogen and oxygen atoms in total. The van der Waals surface area contributed by atoms with Crippen molar-refractivity contribution < 1.29 is 17.6 Å². The van der Waals surface area contributed by atoms with Crippen LogP contribution in [0.3, 0.4) is 0 Å². The van der Waals surface area contributed by atoms with Gasteiger partial charge in [-0.1, -0.05) is 28.1 Å². The van der Waals surface area contributed by atoms with Crippen LogP contribution in [-0.4, -0.2) is 32.2 Å². The first-order chi connectivity index (χ1) is 10.8. The second kappa shape index (κ2) is 7.20. The van der Waals surface area contributed by atoms with Gasteiger partial charge in [0.25, 0.3) is 0 Å². The van der Waals surface area contributed by atoms with Crippen LogP contribution in [0.1, 0.15) is 0 Å². The maximum Gasteiger partial charge on any atom is 0.243 e. The summed E-state index contributed by atoms with van der Waals surface area (Å²) in [6, 6.07) is 11.6. The molecule has 0 radical (unpaired) electrons. The summed E-state index contributed by atoms with van der Waals surface area (Å²) in [5, 5.41) is 2.45. The Bertz CT molecular complexity index is 827. The number of anilines is 1. The monoisotopic (exact) mass is 400 g/mol. The van der Waals surface area contributed by atoms with E-state index in [0.29, 0.717) is 4.47 Å². The quantitative estimate of drug-likeness (QED) is 0.838. The van der Waals surface area contributed by atoms with Gasteiger partial charge in [0.15, 0.2) is 0 Å². The Balaban J connectivity index is 2.08. The molecule has 0 aromatic heterocycles. The first-order valence-electron chi connectivity index (χ1n) is 6.56. The SMILES string of the molecule is CN(CC(=O)Nc1cccc(F)c1)S(=O)(=O)c1cccc(Br)c1. The van der Waals surface area contributed by atoms with Crippen molar-refractivity contribution in [1.29, 1.82) is 0 Å². The van der Waals surface area contributed by atoms with Crippen LogP contribution in [0.2, 0.25) is 0 Å². The highest BCUT2D eigenvalue weighted by Gasteiger charge is 2.23. The Kier molecular flexibility index (Phi) is 5.51. The summed E-state index contributed by atoms with van der Waals surface area (Å²) in [4.78, 5) is 12.0. The van der Waals surface area contributed by atoms with Gasteiger partial charge in [-0.2, -0.15) is 4.31 Å². The Morgan fingerprint density at radius 1 is 1.22 bits per heavy atom. The maximum absolute atomic E-state index is 13.1. The molecule has 0 heterocycles. The summed E-state index contributed by atoms with van der Waals surface area (Å²) >= 11 is 3.21. The van der Waals surface area contributed by atoms with Gasteiger partial charge < -0.3 is 5.32 Å². The predicted octanol–water partition coefficient (Wildman–Crippen LogP) is 2.85. The summed E-state index contributed by atoms with van der Waals surface area (Å²) in [7, 11) is -2.48. The van der Waals surface area contributed by atoms with Crippen LogP contribution in [0.5, 0.6) is 0 Å². The Morgan fingerprint density at radius 2 is 1.91 bits per heavy atom. The van der Waals surface area contributed by atoms with Gasteiger partial charge in [-0.25, -0.2) is 12.8 Å². The van der Waals surface area contributed by atoms with Crippen LogP contribution in [0, 0.1) is 5.82 Å². The molecule has 1 amide bonds. The van der Waals surface area contributed by atoms with E-state index in [4.69, 9.17) is 0 Å². The number of rotatable bonds is 5. The van der Waals surface area contributed by atoms with Gasteiger partial charge in [-0.15, -0.1) is 0 Å². The number of hydrogen-bond donors (Lipinski definition) is 1. The molecule has 0 unspecified atom stereocenters. The lowest BCUT2D eigenvalue weighted by Crippen LogP contribution is -2.35. The fourth-order valence-corrected chi connectivity index (χ4v) is 3.59. The molecule has 0 fully saturated rings. The third-order valence-electron chi connectivity index (χ3n) is 2.98. The lowest BCUT2D eigenvalue weighted by Gasteiger charge is -2.17. The molecule has 0 saturated heterocycles. The summed E-state index contributed by atoms with van der Waals surface area (Å²) in [6.45, 7) is -0.384. The van der Waals surface area contributed by atoms with Gasteiger partial charge in [-0.05, 0) is 36.4 Å². The number of nitrogens with one attached hydrogen (secondary N) is 1. The van der Waals surface area contributed by atoms with E-state index in [0.717, 1.165) is 10.4 Å². The van der Waals surface area contributed by atoms with E-state index in [-0.39, 0.29) is 17.1 Å². The zero-order valence-electron chi connectivity index (χ0n) is 12.2. The lowest BCUT2D eigenvalue weighted by atomic mass is 10.3.